The van der Waals surface area contributed by atoms with Crippen molar-refractivity contribution in [2.24, 2.45) is 0 Å². The third-order valence-corrected chi connectivity index (χ3v) is 2.83. The summed E-state index contributed by atoms with van der Waals surface area (Å²) in [5.41, 5.74) is 2.40. The van der Waals surface area contributed by atoms with Crippen LogP contribution in [-0.4, -0.2) is 10.9 Å². The maximum absolute atomic E-state index is 11.7. The molecule has 0 saturated heterocycles. The van der Waals surface area contributed by atoms with Crippen LogP contribution in [0.3, 0.4) is 0 Å². The van der Waals surface area contributed by atoms with E-state index in [0.717, 1.165) is 12.2 Å². The van der Waals surface area contributed by atoms with Crippen molar-refractivity contribution in [2.75, 3.05) is 0 Å². The van der Waals surface area contributed by atoms with E-state index in [2.05, 4.69) is 29.4 Å². The van der Waals surface area contributed by atoms with E-state index in [1.54, 1.807) is 6.20 Å². The van der Waals surface area contributed by atoms with Crippen LogP contribution in [0.5, 0.6) is 0 Å². The van der Waals surface area contributed by atoms with Crippen LogP contribution in [0.15, 0.2) is 34.9 Å². The molecule has 1 aromatic heterocycles. The van der Waals surface area contributed by atoms with Gasteiger partial charge in [0.05, 0.1) is 12.7 Å². The molecule has 4 heteroatoms. The highest BCUT2D eigenvalue weighted by atomic mass is 16.4. The van der Waals surface area contributed by atoms with Crippen molar-refractivity contribution in [2.45, 2.75) is 33.2 Å². The van der Waals surface area contributed by atoms with Crippen molar-refractivity contribution >= 4 is 5.91 Å². The Morgan fingerprint density at radius 3 is 2.89 bits per heavy atom. The van der Waals surface area contributed by atoms with Crippen LogP contribution in [0, 0.1) is 13.8 Å². The molecule has 1 aromatic carbocycles. The van der Waals surface area contributed by atoms with E-state index in [1.807, 2.05) is 19.1 Å². The molecule has 1 heterocycles. The molecular weight excluding hydrogens is 240 g/mol. The number of oxazole rings is 1. The topological polar surface area (TPSA) is 55.1 Å². The minimum absolute atomic E-state index is 0.0114. The molecule has 2 aromatic rings. The Morgan fingerprint density at radius 1 is 1.37 bits per heavy atom. The van der Waals surface area contributed by atoms with Crippen LogP contribution in [-0.2, 0) is 17.8 Å². The standard InChI is InChI=1S/C15H18N2O2/c1-11-4-3-5-13(8-11)6-7-14(18)16-10-15-17-9-12(2)19-15/h3-5,8-9H,6-7,10H2,1-2H3,(H,16,18). The molecule has 19 heavy (non-hydrogen) atoms. The predicted octanol–water partition coefficient (Wildman–Crippen LogP) is 2.54. The smallest absolute Gasteiger partial charge is 0.220 e. The molecule has 0 saturated carbocycles. The van der Waals surface area contributed by atoms with E-state index in [0.29, 0.717) is 18.9 Å². The number of carbonyl (C=O) groups excluding carboxylic acids is 1. The lowest BCUT2D eigenvalue weighted by atomic mass is 10.1. The fraction of sp³-hybridized carbons (Fsp3) is 0.333. The second-order valence-electron chi connectivity index (χ2n) is 4.63. The summed E-state index contributed by atoms with van der Waals surface area (Å²) in [6.07, 6.45) is 2.87. The summed E-state index contributed by atoms with van der Waals surface area (Å²) < 4.78 is 5.29. The maximum Gasteiger partial charge on any atom is 0.220 e. The number of rotatable bonds is 5. The van der Waals surface area contributed by atoms with Crippen molar-refractivity contribution < 1.29 is 9.21 Å². The van der Waals surface area contributed by atoms with Crippen molar-refractivity contribution in [3.63, 3.8) is 0 Å². The number of aromatic nitrogens is 1. The summed E-state index contributed by atoms with van der Waals surface area (Å²) in [7, 11) is 0. The third-order valence-electron chi connectivity index (χ3n) is 2.83. The molecular formula is C15H18N2O2. The quantitative estimate of drug-likeness (QED) is 0.896. The molecule has 100 valence electrons. The summed E-state index contributed by atoms with van der Waals surface area (Å²) >= 11 is 0. The van der Waals surface area contributed by atoms with Crippen molar-refractivity contribution in [1.29, 1.82) is 0 Å². The number of nitrogens with one attached hydrogen (secondary N) is 1. The van der Waals surface area contributed by atoms with Gasteiger partial charge in [0.2, 0.25) is 11.8 Å². The number of hydrogen-bond donors (Lipinski definition) is 1. The molecule has 0 aliphatic carbocycles. The first-order valence-electron chi connectivity index (χ1n) is 6.37. The van der Waals surface area contributed by atoms with Gasteiger partial charge in [-0.15, -0.1) is 0 Å². The summed E-state index contributed by atoms with van der Waals surface area (Å²) in [4.78, 5) is 15.7. The average molecular weight is 258 g/mol. The Bertz CT molecular complexity index is 561. The normalized spacial score (nSPS) is 10.4. The van der Waals surface area contributed by atoms with E-state index in [-0.39, 0.29) is 5.91 Å². The van der Waals surface area contributed by atoms with E-state index < -0.39 is 0 Å². The zero-order valence-electron chi connectivity index (χ0n) is 11.3. The average Bonchev–Trinajstić information content (AvgIpc) is 2.80. The Kier molecular flexibility index (Phi) is 4.34. The summed E-state index contributed by atoms with van der Waals surface area (Å²) in [5, 5.41) is 2.80. The highest BCUT2D eigenvalue weighted by molar-refractivity contribution is 5.76. The largest absolute Gasteiger partial charge is 0.444 e. The zero-order chi connectivity index (χ0) is 13.7. The lowest BCUT2D eigenvalue weighted by molar-refractivity contribution is -0.121. The molecule has 0 bridgehead atoms. The van der Waals surface area contributed by atoms with Gasteiger partial charge in [-0.05, 0) is 25.8 Å². The van der Waals surface area contributed by atoms with Crippen LogP contribution in [0.2, 0.25) is 0 Å². The van der Waals surface area contributed by atoms with Crippen LogP contribution < -0.4 is 5.32 Å². The van der Waals surface area contributed by atoms with Gasteiger partial charge in [0, 0.05) is 6.42 Å². The predicted molar refractivity (Wildman–Crippen MR) is 72.6 cm³/mol. The van der Waals surface area contributed by atoms with Gasteiger partial charge < -0.3 is 9.73 Å². The van der Waals surface area contributed by atoms with Crippen molar-refractivity contribution in [1.82, 2.24) is 10.3 Å². The van der Waals surface area contributed by atoms with E-state index >= 15 is 0 Å². The van der Waals surface area contributed by atoms with Crippen molar-refractivity contribution in [3.8, 4) is 0 Å². The first kappa shape index (κ1) is 13.3. The lowest BCUT2D eigenvalue weighted by Crippen LogP contribution is -2.23. The molecule has 4 nitrogen and oxygen atoms in total. The van der Waals surface area contributed by atoms with Gasteiger partial charge in [0.25, 0.3) is 0 Å². The second-order valence-corrected chi connectivity index (χ2v) is 4.63. The first-order valence-corrected chi connectivity index (χ1v) is 6.37. The van der Waals surface area contributed by atoms with Crippen molar-refractivity contribution in [3.05, 3.63) is 53.2 Å². The Hall–Kier alpha value is -2.10. The number of benzene rings is 1. The lowest BCUT2D eigenvalue weighted by Gasteiger charge is -2.04. The van der Waals surface area contributed by atoms with Crippen LogP contribution in [0.25, 0.3) is 0 Å². The Labute approximate surface area is 112 Å². The van der Waals surface area contributed by atoms with E-state index in [9.17, 15) is 4.79 Å². The number of carbonyl (C=O) groups is 1. The molecule has 0 atom stereocenters. The molecule has 2 rings (SSSR count). The first-order chi connectivity index (χ1) is 9.13. The second kappa shape index (κ2) is 6.18. The Balaban J connectivity index is 1.75. The molecule has 0 spiro atoms. The SMILES string of the molecule is Cc1cccc(CCC(=O)NCc2ncc(C)o2)c1. The summed E-state index contributed by atoms with van der Waals surface area (Å²) in [5.74, 6) is 1.31. The monoisotopic (exact) mass is 258 g/mol. The minimum Gasteiger partial charge on any atom is -0.444 e. The zero-order valence-corrected chi connectivity index (χ0v) is 11.3. The highest BCUT2D eigenvalue weighted by Crippen LogP contribution is 2.06. The third kappa shape index (κ3) is 4.25. The van der Waals surface area contributed by atoms with E-state index in [4.69, 9.17) is 4.42 Å². The van der Waals surface area contributed by atoms with Gasteiger partial charge in [-0.25, -0.2) is 4.98 Å². The molecule has 1 N–H and O–H groups in total. The Morgan fingerprint density at radius 2 is 2.21 bits per heavy atom. The van der Waals surface area contributed by atoms with Gasteiger partial charge in [0.1, 0.15) is 5.76 Å². The fourth-order valence-electron chi connectivity index (χ4n) is 1.87. The highest BCUT2D eigenvalue weighted by Gasteiger charge is 2.05. The number of hydrogen-bond acceptors (Lipinski definition) is 3. The van der Waals surface area contributed by atoms with Crippen LogP contribution in [0.1, 0.15) is 29.2 Å². The number of aryl methyl sites for hydroxylation is 3. The number of nitrogens with zero attached hydrogens (tertiary/aromatic N) is 1. The summed E-state index contributed by atoms with van der Waals surface area (Å²) in [6, 6.07) is 8.20. The minimum atomic E-state index is 0.0114. The number of amides is 1. The van der Waals surface area contributed by atoms with Gasteiger partial charge in [-0.1, -0.05) is 29.8 Å². The molecule has 0 unspecified atom stereocenters. The molecule has 0 fully saturated rings. The molecule has 0 aliphatic heterocycles. The maximum atomic E-state index is 11.7. The van der Waals surface area contributed by atoms with Gasteiger partial charge in [0.15, 0.2) is 0 Å². The fourth-order valence-corrected chi connectivity index (χ4v) is 1.87. The molecule has 1 amide bonds. The molecule has 0 radical (unpaired) electrons. The van der Waals surface area contributed by atoms with Gasteiger partial charge in [-0.2, -0.15) is 0 Å². The van der Waals surface area contributed by atoms with E-state index in [1.165, 1.54) is 11.1 Å². The van der Waals surface area contributed by atoms with Crippen LogP contribution >= 0.6 is 0 Å². The molecule has 0 aliphatic rings. The summed E-state index contributed by atoms with van der Waals surface area (Å²) in [6.45, 7) is 4.23. The van der Waals surface area contributed by atoms with Crippen LogP contribution in [0.4, 0.5) is 0 Å². The van der Waals surface area contributed by atoms with Gasteiger partial charge in [-0.3, -0.25) is 4.79 Å². The van der Waals surface area contributed by atoms with Gasteiger partial charge >= 0.3 is 0 Å².